The first-order valence-corrected chi connectivity index (χ1v) is 6.57. The Bertz CT molecular complexity index is 635. The minimum atomic E-state index is -0.0105. The Hall–Kier alpha value is -2.36. The monoisotopic (exact) mass is 269 g/mol. The summed E-state index contributed by atoms with van der Waals surface area (Å²) in [5.41, 5.74) is 2.40. The lowest BCUT2D eigenvalue weighted by molar-refractivity contribution is 0.0980. The zero-order valence-electron chi connectivity index (χ0n) is 11.3. The van der Waals surface area contributed by atoms with Gasteiger partial charge in [-0.15, -0.1) is 0 Å². The van der Waals surface area contributed by atoms with E-state index in [9.17, 15) is 4.79 Å². The first-order valence-electron chi connectivity index (χ1n) is 6.57. The van der Waals surface area contributed by atoms with Crippen molar-refractivity contribution in [1.29, 1.82) is 0 Å². The van der Waals surface area contributed by atoms with Gasteiger partial charge in [0.05, 0.1) is 12.0 Å². The molecule has 3 rings (SSSR count). The van der Waals surface area contributed by atoms with Crippen LogP contribution in [0.2, 0.25) is 0 Å². The van der Waals surface area contributed by atoms with E-state index in [0.717, 1.165) is 11.3 Å². The molecule has 0 N–H and O–H groups in total. The molecule has 1 aromatic carbocycles. The maximum atomic E-state index is 12.4. The second kappa shape index (κ2) is 5.33. The van der Waals surface area contributed by atoms with Crippen molar-refractivity contribution >= 4 is 5.78 Å². The molecule has 20 heavy (non-hydrogen) atoms. The Kier molecular flexibility index (Phi) is 3.37. The Balaban J connectivity index is 1.85. The normalized spacial score (nSPS) is 13.1. The van der Waals surface area contributed by atoms with E-state index in [1.807, 2.05) is 31.2 Å². The molecule has 2 aromatic rings. The number of aryl methyl sites for hydroxylation is 1. The number of ether oxygens (including phenoxy) is 2. The van der Waals surface area contributed by atoms with Crippen LogP contribution < -0.4 is 9.47 Å². The standard InChI is InChI=1S/C16H15NO3/c1-11-5-6-12(17-10-11)9-14(18)13-3-2-4-15-16(13)20-8-7-19-15/h2-6,10H,7-9H2,1H3. The third kappa shape index (κ3) is 2.50. The van der Waals surface area contributed by atoms with Crippen molar-refractivity contribution in [3.63, 3.8) is 0 Å². The Morgan fingerprint density at radius 3 is 2.85 bits per heavy atom. The lowest BCUT2D eigenvalue weighted by Crippen LogP contribution is -2.18. The van der Waals surface area contributed by atoms with Crippen LogP contribution in [-0.4, -0.2) is 24.0 Å². The number of ketones is 1. The molecule has 0 radical (unpaired) electrons. The number of benzene rings is 1. The smallest absolute Gasteiger partial charge is 0.172 e. The highest BCUT2D eigenvalue weighted by atomic mass is 16.6. The fraction of sp³-hybridized carbons (Fsp3) is 0.250. The summed E-state index contributed by atoms with van der Waals surface area (Å²) in [5.74, 6) is 1.18. The van der Waals surface area contributed by atoms with Crippen LogP contribution in [0, 0.1) is 6.92 Å². The molecule has 0 bridgehead atoms. The third-order valence-electron chi connectivity index (χ3n) is 3.18. The predicted molar refractivity (Wildman–Crippen MR) is 74.4 cm³/mol. The van der Waals surface area contributed by atoms with Crippen LogP contribution >= 0.6 is 0 Å². The van der Waals surface area contributed by atoms with Crippen molar-refractivity contribution in [2.75, 3.05) is 13.2 Å². The Morgan fingerprint density at radius 1 is 1.20 bits per heavy atom. The molecule has 2 heterocycles. The summed E-state index contributed by atoms with van der Waals surface area (Å²) in [4.78, 5) is 16.7. The molecule has 0 saturated heterocycles. The lowest BCUT2D eigenvalue weighted by atomic mass is 10.0. The van der Waals surface area contributed by atoms with Crippen LogP contribution in [0.1, 0.15) is 21.6 Å². The molecule has 1 aliphatic heterocycles. The van der Waals surface area contributed by atoms with Crippen molar-refractivity contribution in [3.05, 3.63) is 53.3 Å². The van der Waals surface area contributed by atoms with Gasteiger partial charge in [-0.25, -0.2) is 0 Å². The molecule has 4 nitrogen and oxygen atoms in total. The molecule has 0 unspecified atom stereocenters. The number of pyridine rings is 1. The van der Waals surface area contributed by atoms with E-state index in [2.05, 4.69) is 4.98 Å². The number of nitrogens with zero attached hydrogens (tertiary/aromatic N) is 1. The van der Waals surface area contributed by atoms with Gasteiger partial charge in [-0.05, 0) is 30.7 Å². The van der Waals surface area contributed by atoms with Crippen LogP contribution in [0.25, 0.3) is 0 Å². The van der Waals surface area contributed by atoms with Gasteiger partial charge >= 0.3 is 0 Å². The minimum Gasteiger partial charge on any atom is -0.486 e. The van der Waals surface area contributed by atoms with Gasteiger partial charge < -0.3 is 9.47 Å². The average Bonchev–Trinajstić information content (AvgIpc) is 2.49. The summed E-state index contributed by atoms with van der Waals surface area (Å²) >= 11 is 0. The van der Waals surface area contributed by atoms with Crippen molar-refractivity contribution in [2.45, 2.75) is 13.3 Å². The van der Waals surface area contributed by atoms with E-state index >= 15 is 0 Å². The Morgan fingerprint density at radius 2 is 2.05 bits per heavy atom. The summed E-state index contributed by atoms with van der Waals surface area (Å²) in [5, 5.41) is 0. The van der Waals surface area contributed by atoms with Gasteiger partial charge in [-0.1, -0.05) is 12.1 Å². The molecule has 0 fully saturated rings. The van der Waals surface area contributed by atoms with E-state index in [4.69, 9.17) is 9.47 Å². The summed E-state index contributed by atoms with van der Waals surface area (Å²) < 4.78 is 11.1. The third-order valence-corrected chi connectivity index (χ3v) is 3.18. The van der Waals surface area contributed by atoms with Crippen LogP contribution in [0.3, 0.4) is 0 Å². The van der Waals surface area contributed by atoms with Gasteiger partial charge in [0, 0.05) is 11.9 Å². The number of fused-ring (bicyclic) bond motifs is 1. The highest BCUT2D eigenvalue weighted by Gasteiger charge is 2.20. The molecule has 1 aliphatic rings. The van der Waals surface area contributed by atoms with Crippen molar-refractivity contribution in [3.8, 4) is 11.5 Å². The molecule has 0 amide bonds. The maximum absolute atomic E-state index is 12.4. The van der Waals surface area contributed by atoms with E-state index < -0.39 is 0 Å². The summed E-state index contributed by atoms with van der Waals surface area (Å²) in [7, 11) is 0. The van der Waals surface area contributed by atoms with Crippen molar-refractivity contribution in [1.82, 2.24) is 4.98 Å². The molecular formula is C16H15NO3. The predicted octanol–water partition coefficient (Wildman–Crippen LogP) is 2.59. The summed E-state index contributed by atoms with van der Waals surface area (Å²) in [6.45, 7) is 2.96. The zero-order valence-corrected chi connectivity index (χ0v) is 11.3. The van der Waals surface area contributed by atoms with E-state index in [1.165, 1.54) is 0 Å². The number of Topliss-reactive ketones (excluding diaryl/α,β-unsaturated/α-hetero) is 1. The molecule has 0 aliphatic carbocycles. The van der Waals surface area contributed by atoms with Crippen LogP contribution in [-0.2, 0) is 6.42 Å². The van der Waals surface area contributed by atoms with E-state index in [1.54, 1.807) is 12.3 Å². The SMILES string of the molecule is Cc1ccc(CC(=O)c2cccc3c2OCCO3)nc1. The topological polar surface area (TPSA) is 48.4 Å². The maximum Gasteiger partial charge on any atom is 0.172 e. The van der Waals surface area contributed by atoms with Gasteiger partial charge in [0.25, 0.3) is 0 Å². The average molecular weight is 269 g/mol. The summed E-state index contributed by atoms with van der Waals surface area (Å²) in [6, 6.07) is 9.22. The molecule has 1 aromatic heterocycles. The van der Waals surface area contributed by atoms with E-state index in [0.29, 0.717) is 30.3 Å². The van der Waals surface area contributed by atoms with Gasteiger partial charge in [-0.2, -0.15) is 0 Å². The number of carbonyl (C=O) groups is 1. The number of rotatable bonds is 3. The molecule has 4 heteroatoms. The molecule has 0 atom stereocenters. The fourth-order valence-corrected chi connectivity index (χ4v) is 2.16. The largest absolute Gasteiger partial charge is 0.486 e. The molecule has 0 saturated carbocycles. The molecule has 0 spiro atoms. The first kappa shape index (κ1) is 12.7. The first-order chi connectivity index (χ1) is 9.74. The second-order valence-corrected chi connectivity index (χ2v) is 4.76. The quantitative estimate of drug-likeness (QED) is 0.804. The van der Waals surface area contributed by atoms with E-state index in [-0.39, 0.29) is 12.2 Å². The van der Waals surface area contributed by atoms with Gasteiger partial charge in [0.2, 0.25) is 0 Å². The summed E-state index contributed by atoms with van der Waals surface area (Å²) in [6.07, 6.45) is 2.03. The highest BCUT2D eigenvalue weighted by Crippen LogP contribution is 2.34. The number of hydrogen-bond donors (Lipinski definition) is 0. The molecular weight excluding hydrogens is 254 g/mol. The fourth-order valence-electron chi connectivity index (χ4n) is 2.16. The van der Waals surface area contributed by atoms with Gasteiger partial charge in [0.1, 0.15) is 13.2 Å². The van der Waals surface area contributed by atoms with Crippen LogP contribution in [0.5, 0.6) is 11.5 Å². The van der Waals surface area contributed by atoms with Crippen molar-refractivity contribution < 1.29 is 14.3 Å². The lowest BCUT2D eigenvalue weighted by Gasteiger charge is -2.20. The van der Waals surface area contributed by atoms with Crippen LogP contribution in [0.4, 0.5) is 0 Å². The number of hydrogen-bond acceptors (Lipinski definition) is 4. The van der Waals surface area contributed by atoms with Crippen LogP contribution in [0.15, 0.2) is 36.5 Å². The second-order valence-electron chi connectivity index (χ2n) is 4.76. The van der Waals surface area contributed by atoms with Crippen molar-refractivity contribution in [2.24, 2.45) is 0 Å². The van der Waals surface area contributed by atoms with Gasteiger partial charge in [0.15, 0.2) is 17.3 Å². The number of para-hydroxylation sites is 1. The zero-order chi connectivity index (χ0) is 13.9. The molecule has 102 valence electrons. The number of carbonyl (C=O) groups excluding carboxylic acids is 1. The minimum absolute atomic E-state index is 0.0105. The van der Waals surface area contributed by atoms with Gasteiger partial charge in [-0.3, -0.25) is 9.78 Å². The number of aromatic nitrogens is 1. The Labute approximate surface area is 117 Å². The highest BCUT2D eigenvalue weighted by molar-refractivity contribution is 6.00.